The fraction of sp³-hybridized carbons (Fsp3) is 0.120. The van der Waals surface area contributed by atoms with Gasteiger partial charge in [0.05, 0.1) is 33.2 Å². The summed E-state index contributed by atoms with van der Waals surface area (Å²) in [5.41, 5.74) is 2.60. The van der Waals surface area contributed by atoms with Crippen molar-refractivity contribution < 1.29 is 19.0 Å². The van der Waals surface area contributed by atoms with Gasteiger partial charge in [-0.05, 0) is 54.6 Å². The molecule has 0 aliphatic carbocycles. The zero-order valence-corrected chi connectivity index (χ0v) is 18.9. The largest absolute Gasteiger partial charge is 0.493 e. The number of carbonyl (C=O) groups is 1. The first kappa shape index (κ1) is 22.5. The van der Waals surface area contributed by atoms with E-state index in [1.54, 1.807) is 55.1 Å². The number of hydrogen-bond donors (Lipinski definition) is 1. The van der Waals surface area contributed by atoms with Crippen LogP contribution in [0.2, 0.25) is 0 Å². The van der Waals surface area contributed by atoms with Crippen molar-refractivity contribution in [2.45, 2.75) is 0 Å². The molecule has 9 nitrogen and oxygen atoms in total. The van der Waals surface area contributed by atoms with Crippen LogP contribution in [0.3, 0.4) is 0 Å². The molecule has 9 heteroatoms. The Morgan fingerprint density at radius 2 is 1.50 bits per heavy atom. The quantitative estimate of drug-likeness (QED) is 0.409. The van der Waals surface area contributed by atoms with E-state index in [9.17, 15) is 4.79 Å². The van der Waals surface area contributed by atoms with E-state index in [1.807, 2.05) is 29.2 Å². The zero-order chi connectivity index (χ0) is 23.9. The van der Waals surface area contributed by atoms with Gasteiger partial charge >= 0.3 is 0 Å². The Morgan fingerprint density at radius 3 is 2.06 bits per heavy atom. The summed E-state index contributed by atoms with van der Waals surface area (Å²) >= 11 is 0. The van der Waals surface area contributed by atoms with Gasteiger partial charge in [0.25, 0.3) is 5.91 Å². The SMILES string of the molecule is COc1cc(C(=O)Nc2ccc(N(c3cccnc3)c3ncccn3)cc2)cc(OC)c1OC. The van der Waals surface area contributed by atoms with E-state index in [2.05, 4.69) is 20.3 Å². The van der Waals surface area contributed by atoms with Crippen LogP contribution in [0.25, 0.3) is 0 Å². The van der Waals surface area contributed by atoms with Crippen LogP contribution in [-0.4, -0.2) is 42.2 Å². The Morgan fingerprint density at radius 1 is 0.824 bits per heavy atom. The monoisotopic (exact) mass is 457 g/mol. The van der Waals surface area contributed by atoms with Gasteiger partial charge in [0.1, 0.15) is 0 Å². The first-order valence-corrected chi connectivity index (χ1v) is 10.3. The molecular formula is C25H23N5O4. The summed E-state index contributed by atoms with van der Waals surface area (Å²) in [7, 11) is 4.52. The molecule has 4 rings (SSSR count). The third kappa shape index (κ3) is 4.73. The number of nitrogens with one attached hydrogen (secondary N) is 1. The molecule has 0 unspecified atom stereocenters. The molecule has 4 aromatic rings. The number of pyridine rings is 1. The zero-order valence-electron chi connectivity index (χ0n) is 18.9. The minimum Gasteiger partial charge on any atom is -0.493 e. The van der Waals surface area contributed by atoms with E-state index < -0.39 is 0 Å². The summed E-state index contributed by atoms with van der Waals surface area (Å²) < 4.78 is 16.0. The lowest BCUT2D eigenvalue weighted by Gasteiger charge is -2.22. The van der Waals surface area contributed by atoms with Crippen molar-refractivity contribution in [3.05, 3.63) is 84.9 Å². The third-order valence-corrected chi connectivity index (χ3v) is 4.97. The molecule has 0 spiro atoms. The Kier molecular flexibility index (Phi) is 6.83. The summed E-state index contributed by atoms with van der Waals surface area (Å²) in [4.78, 5) is 27.7. The maximum absolute atomic E-state index is 12.9. The van der Waals surface area contributed by atoms with E-state index in [0.29, 0.717) is 34.4 Å². The van der Waals surface area contributed by atoms with Crippen LogP contribution in [0.1, 0.15) is 10.4 Å². The van der Waals surface area contributed by atoms with Gasteiger partial charge in [-0.25, -0.2) is 9.97 Å². The van der Waals surface area contributed by atoms with Crippen LogP contribution in [0.5, 0.6) is 17.2 Å². The highest BCUT2D eigenvalue weighted by Crippen LogP contribution is 2.38. The Bertz CT molecular complexity index is 1190. The number of amides is 1. The molecule has 0 aliphatic rings. The molecule has 1 amide bonds. The van der Waals surface area contributed by atoms with Gasteiger partial charge in [0, 0.05) is 35.5 Å². The molecule has 2 aromatic heterocycles. The number of ether oxygens (including phenoxy) is 3. The van der Waals surface area contributed by atoms with E-state index in [-0.39, 0.29) is 5.91 Å². The number of nitrogens with zero attached hydrogens (tertiary/aromatic N) is 4. The van der Waals surface area contributed by atoms with Crippen molar-refractivity contribution in [1.82, 2.24) is 15.0 Å². The first-order chi connectivity index (χ1) is 16.6. The highest BCUT2D eigenvalue weighted by Gasteiger charge is 2.18. The average Bonchev–Trinajstić information content (AvgIpc) is 2.90. The number of benzene rings is 2. The molecule has 2 heterocycles. The predicted octanol–water partition coefficient (Wildman–Crippen LogP) is 4.62. The first-order valence-electron chi connectivity index (χ1n) is 10.3. The number of methoxy groups -OCH3 is 3. The summed E-state index contributed by atoms with van der Waals surface area (Å²) in [6.07, 6.45) is 6.79. The van der Waals surface area contributed by atoms with Gasteiger partial charge in [0.15, 0.2) is 11.5 Å². The molecular weight excluding hydrogens is 434 g/mol. The second-order valence-corrected chi connectivity index (χ2v) is 7.01. The van der Waals surface area contributed by atoms with Crippen molar-refractivity contribution in [1.29, 1.82) is 0 Å². The molecule has 0 atom stereocenters. The molecule has 0 radical (unpaired) electrons. The van der Waals surface area contributed by atoms with Crippen molar-refractivity contribution >= 4 is 28.9 Å². The maximum atomic E-state index is 12.9. The number of rotatable bonds is 8. The van der Waals surface area contributed by atoms with E-state index in [4.69, 9.17) is 14.2 Å². The van der Waals surface area contributed by atoms with E-state index >= 15 is 0 Å². The highest BCUT2D eigenvalue weighted by atomic mass is 16.5. The lowest BCUT2D eigenvalue weighted by Crippen LogP contribution is -2.14. The fourth-order valence-electron chi connectivity index (χ4n) is 3.38. The van der Waals surface area contributed by atoms with Gasteiger partial charge in [-0.3, -0.25) is 14.7 Å². The van der Waals surface area contributed by atoms with Gasteiger partial charge in [0.2, 0.25) is 11.7 Å². The van der Waals surface area contributed by atoms with Gasteiger partial charge in [-0.15, -0.1) is 0 Å². The van der Waals surface area contributed by atoms with E-state index in [0.717, 1.165) is 11.4 Å². The van der Waals surface area contributed by atoms with Gasteiger partial charge in [-0.2, -0.15) is 0 Å². The normalized spacial score (nSPS) is 10.3. The standard InChI is InChI=1S/C25H23N5O4/c1-32-21-14-17(15-22(33-2)23(21)34-3)24(31)29-18-7-9-19(10-8-18)30(20-6-4-11-26-16-20)25-27-12-5-13-28-25/h4-16H,1-3H3,(H,29,31). The van der Waals surface area contributed by atoms with Crippen molar-refractivity contribution in [2.24, 2.45) is 0 Å². The van der Waals surface area contributed by atoms with Crippen LogP contribution in [0.15, 0.2) is 79.4 Å². The molecule has 0 saturated heterocycles. The van der Waals surface area contributed by atoms with Crippen LogP contribution >= 0.6 is 0 Å². The summed E-state index contributed by atoms with van der Waals surface area (Å²) in [6, 6.07) is 16.1. The van der Waals surface area contributed by atoms with Crippen LogP contribution < -0.4 is 24.4 Å². The predicted molar refractivity (Wildman–Crippen MR) is 129 cm³/mol. The molecule has 1 N–H and O–H groups in total. The lowest BCUT2D eigenvalue weighted by molar-refractivity contribution is 0.102. The van der Waals surface area contributed by atoms with Crippen molar-refractivity contribution in [3.63, 3.8) is 0 Å². The average molecular weight is 457 g/mol. The molecule has 0 saturated carbocycles. The molecule has 0 bridgehead atoms. The topological polar surface area (TPSA) is 98.7 Å². The Hall–Kier alpha value is -4.66. The van der Waals surface area contributed by atoms with Crippen molar-refractivity contribution in [2.75, 3.05) is 31.5 Å². The third-order valence-electron chi connectivity index (χ3n) is 4.97. The van der Waals surface area contributed by atoms with Crippen molar-refractivity contribution in [3.8, 4) is 17.2 Å². The second kappa shape index (κ2) is 10.3. The van der Waals surface area contributed by atoms with Crippen LogP contribution in [-0.2, 0) is 0 Å². The Labute approximate surface area is 197 Å². The minimum absolute atomic E-state index is 0.317. The summed E-state index contributed by atoms with van der Waals surface area (Å²) in [6.45, 7) is 0. The number of carbonyl (C=O) groups excluding carboxylic acids is 1. The summed E-state index contributed by atoms with van der Waals surface area (Å²) in [5, 5.41) is 2.89. The maximum Gasteiger partial charge on any atom is 0.255 e. The van der Waals surface area contributed by atoms with Gasteiger partial charge < -0.3 is 19.5 Å². The lowest BCUT2D eigenvalue weighted by atomic mass is 10.1. The number of hydrogen-bond acceptors (Lipinski definition) is 8. The van der Waals surface area contributed by atoms with Gasteiger partial charge in [-0.1, -0.05) is 0 Å². The number of aromatic nitrogens is 3. The van der Waals surface area contributed by atoms with E-state index in [1.165, 1.54) is 21.3 Å². The summed E-state index contributed by atoms with van der Waals surface area (Å²) in [5.74, 6) is 1.41. The molecule has 172 valence electrons. The smallest absolute Gasteiger partial charge is 0.255 e. The highest BCUT2D eigenvalue weighted by molar-refractivity contribution is 6.05. The van der Waals surface area contributed by atoms with Crippen LogP contribution in [0.4, 0.5) is 23.0 Å². The molecule has 2 aromatic carbocycles. The fourth-order valence-corrected chi connectivity index (χ4v) is 3.38. The Balaban J connectivity index is 1.60. The van der Waals surface area contributed by atoms with Crippen LogP contribution in [0, 0.1) is 0 Å². The molecule has 0 aliphatic heterocycles. The minimum atomic E-state index is -0.317. The number of anilines is 4. The second-order valence-electron chi connectivity index (χ2n) is 7.01. The molecule has 0 fully saturated rings. The molecule has 34 heavy (non-hydrogen) atoms.